The number of hydrogen-bond acceptors (Lipinski definition) is 4. The number of amides is 1. The van der Waals surface area contributed by atoms with Crippen LogP contribution in [0.15, 0.2) is 18.2 Å². The number of benzene rings is 1. The third kappa shape index (κ3) is 4.63. The number of hydrogen-bond donors (Lipinski definition) is 1. The van der Waals surface area contributed by atoms with Gasteiger partial charge < -0.3 is 19.7 Å². The van der Waals surface area contributed by atoms with Gasteiger partial charge in [0.1, 0.15) is 0 Å². The van der Waals surface area contributed by atoms with Crippen molar-refractivity contribution < 1.29 is 14.3 Å². The van der Waals surface area contributed by atoms with Gasteiger partial charge in [0.25, 0.3) is 0 Å². The largest absolute Gasteiger partial charge is 0.493 e. The number of nitrogens with one attached hydrogen (secondary N) is 1. The lowest BCUT2D eigenvalue weighted by Crippen LogP contribution is -2.28. The molecule has 0 saturated carbocycles. The molecule has 2 rings (SSSR count). The average Bonchev–Trinajstić information content (AvgIpc) is 2.95. The molecule has 0 unspecified atom stereocenters. The van der Waals surface area contributed by atoms with Crippen LogP contribution in [0.2, 0.25) is 0 Å². The van der Waals surface area contributed by atoms with Gasteiger partial charge in [0.15, 0.2) is 11.5 Å². The van der Waals surface area contributed by atoms with Crippen LogP contribution in [-0.2, 0) is 11.2 Å². The van der Waals surface area contributed by atoms with Crippen molar-refractivity contribution in [3.63, 3.8) is 0 Å². The highest BCUT2D eigenvalue weighted by Crippen LogP contribution is 2.27. The van der Waals surface area contributed by atoms with Crippen molar-refractivity contribution in [2.75, 3.05) is 40.4 Å². The highest BCUT2D eigenvalue weighted by atomic mass is 16.5. The van der Waals surface area contributed by atoms with Crippen molar-refractivity contribution >= 4 is 5.91 Å². The lowest BCUT2D eigenvalue weighted by atomic mass is 10.1. The smallest absolute Gasteiger partial charge is 0.222 e. The quantitative estimate of drug-likeness (QED) is 0.707. The van der Waals surface area contributed by atoms with E-state index in [0.717, 1.165) is 63.4 Å². The fourth-order valence-electron chi connectivity index (χ4n) is 2.73. The van der Waals surface area contributed by atoms with Gasteiger partial charge in [0, 0.05) is 19.5 Å². The van der Waals surface area contributed by atoms with Crippen molar-refractivity contribution in [3.05, 3.63) is 23.8 Å². The average molecular weight is 306 g/mol. The van der Waals surface area contributed by atoms with E-state index in [1.807, 2.05) is 17.0 Å². The van der Waals surface area contributed by atoms with Gasteiger partial charge in [-0.05, 0) is 50.0 Å². The molecule has 5 heteroatoms. The first-order chi connectivity index (χ1) is 10.7. The Balaban J connectivity index is 1.63. The fraction of sp³-hybridized carbons (Fsp3) is 0.588. The van der Waals surface area contributed by atoms with Crippen LogP contribution < -0.4 is 14.8 Å². The molecule has 1 aromatic carbocycles. The second-order valence-corrected chi connectivity index (χ2v) is 5.53. The molecule has 0 atom stereocenters. The maximum atomic E-state index is 11.5. The second kappa shape index (κ2) is 8.63. The summed E-state index contributed by atoms with van der Waals surface area (Å²) >= 11 is 0. The van der Waals surface area contributed by atoms with E-state index in [9.17, 15) is 4.79 Å². The topological polar surface area (TPSA) is 50.8 Å². The zero-order chi connectivity index (χ0) is 15.8. The normalized spacial score (nSPS) is 14.5. The van der Waals surface area contributed by atoms with Crippen molar-refractivity contribution in [2.24, 2.45) is 0 Å². The third-order valence-corrected chi connectivity index (χ3v) is 3.99. The molecule has 1 aliphatic rings. The summed E-state index contributed by atoms with van der Waals surface area (Å²) in [5.41, 5.74) is 1.22. The van der Waals surface area contributed by atoms with E-state index in [1.165, 1.54) is 5.56 Å². The Morgan fingerprint density at radius 3 is 2.68 bits per heavy atom. The summed E-state index contributed by atoms with van der Waals surface area (Å²) in [7, 11) is 3.30. The minimum atomic E-state index is 0.310. The SMILES string of the molecule is COc1ccc(CCNCCCN2CCCC2=O)cc1OC. The van der Waals surface area contributed by atoms with E-state index in [-0.39, 0.29) is 0 Å². The lowest BCUT2D eigenvalue weighted by molar-refractivity contribution is -0.127. The molecule has 0 aromatic heterocycles. The standard InChI is InChI=1S/C17H26N2O3/c1-21-15-7-6-14(13-16(15)22-2)8-10-18-9-4-12-19-11-3-5-17(19)20/h6-7,13,18H,3-5,8-12H2,1-2H3. The predicted octanol–water partition coefficient (Wildman–Crippen LogP) is 1.85. The first-order valence-corrected chi connectivity index (χ1v) is 7.94. The number of likely N-dealkylation sites (tertiary alicyclic amines) is 1. The molecule has 1 amide bonds. The Bertz CT molecular complexity index is 491. The van der Waals surface area contributed by atoms with E-state index in [1.54, 1.807) is 14.2 Å². The molecule has 1 saturated heterocycles. The van der Waals surface area contributed by atoms with Crippen LogP contribution >= 0.6 is 0 Å². The molecule has 0 bridgehead atoms. The minimum Gasteiger partial charge on any atom is -0.493 e. The Morgan fingerprint density at radius 2 is 2.00 bits per heavy atom. The van der Waals surface area contributed by atoms with Crippen molar-refractivity contribution in [1.82, 2.24) is 10.2 Å². The summed E-state index contributed by atoms with van der Waals surface area (Å²) in [5.74, 6) is 1.84. The van der Waals surface area contributed by atoms with E-state index in [0.29, 0.717) is 5.91 Å². The van der Waals surface area contributed by atoms with Gasteiger partial charge in [-0.15, -0.1) is 0 Å². The third-order valence-electron chi connectivity index (χ3n) is 3.99. The van der Waals surface area contributed by atoms with E-state index >= 15 is 0 Å². The number of carbonyl (C=O) groups is 1. The van der Waals surface area contributed by atoms with Crippen LogP contribution in [0.4, 0.5) is 0 Å². The molecule has 1 fully saturated rings. The molecule has 0 spiro atoms. The molecule has 0 radical (unpaired) electrons. The molecule has 122 valence electrons. The molecule has 5 nitrogen and oxygen atoms in total. The van der Waals surface area contributed by atoms with Crippen LogP contribution in [-0.4, -0.2) is 51.2 Å². The Labute approximate surface area is 132 Å². The van der Waals surface area contributed by atoms with Crippen molar-refractivity contribution in [2.45, 2.75) is 25.7 Å². The maximum absolute atomic E-state index is 11.5. The lowest BCUT2D eigenvalue weighted by Gasteiger charge is -2.15. The molecule has 0 aliphatic carbocycles. The van der Waals surface area contributed by atoms with Crippen LogP contribution in [0.3, 0.4) is 0 Å². The number of ether oxygens (including phenoxy) is 2. The van der Waals surface area contributed by atoms with Gasteiger partial charge in [-0.25, -0.2) is 0 Å². The van der Waals surface area contributed by atoms with Gasteiger partial charge >= 0.3 is 0 Å². The summed E-state index contributed by atoms with van der Waals surface area (Å²) in [6.45, 7) is 3.67. The zero-order valence-corrected chi connectivity index (χ0v) is 13.6. The second-order valence-electron chi connectivity index (χ2n) is 5.53. The first-order valence-electron chi connectivity index (χ1n) is 7.94. The van der Waals surface area contributed by atoms with Crippen molar-refractivity contribution in [3.8, 4) is 11.5 Å². The predicted molar refractivity (Wildman–Crippen MR) is 86.6 cm³/mol. The number of carbonyl (C=O) groups excluding carboxylic acids is 1. The number of rotatable bonds is 9. The van der Waals surface area contributed by atoms with Crippen LogP contribution in [0.1, 0.15) is 24.8 Å². The fourth-order valence-corrected chi connectivity index (χ4v) is 2.73. The maximum Gasteiger partial charge on any atom is 0.222 e. The summed E-state index contributed by atoms with van der Waals surface area (Å²) in [6, 6.07) is 6.02. The number of nitrogens with zero attached hydrogens (tertiary/aromatic N) is 1. The van der Waals surface area contributed by atoms with Gasteiger partial charge in [-0.1, -0.05) is 6.07 Å². The first kappa shape index (κ1) is 16.6. The highest BCUT2D eigenvalue weighted by molar-refractivity contribution is 5.77. The van der Waals surface area contributed by atoms with Gasteiger partial charge in [0.2, 0.25) is 5.91 Å². The monoisotopic (exact) mass is 306 g/mol. The van der Waals surface area contributed by atoms with Crippen LogP contribution in [0.25, 0.3) is 0 Å². The number of methoxy groups -OCH3 is 2. The summed E-state index contributed by atoms with van der Waals surface area (Å²) in [6.07, 6.45) is 3.71. The summed E-state index contributed by atoms with van der Waals surface area (Å²) in [4.78, 5) is 13.4. The zero-order valence-electron chi connectivity index (χ0n) is 13.6. The Morgan fingerprint density at radius 1 is 1.18 bits per heavy atom. The molecule has 1 N–H and O–H groups in total. The minimum absolute atomic E-state index is 0.310. The van der Waals surface area contributed by atoms with Gasteiger partial charge in [-0.2, -0.15) is 0 Å². The van der Waals surface area contributed by atoms with Crippen LogP contribution in [0, 0.1) is 0 Å². The summed E-state index contributed by atoms with van der Waals surface area (Å²) in [5, 5.41) is 3.43. The van der Waals surface area contributed by atoms with Crippen LogP contribution in [0.5, 0.6) is 11.5 Å². The summed E-state index contributed by atoms with van der Waals surface area (Å²) < 4.78 is 10.5. The molecule has 1 aromatic rings. The Hall–Kier alpha value is -1.75. The molecule has 22 heavy (non-hydrogen) atoms. The van der Waals surface area contributed by atoms with E-state index < -0.39 is 0 Å². The highest BCUT2D eigenvalue weighted by Gasteiger charge is 2.18. The molecular weight excluding hydrogens is 280 g/mol. The van der Waals surface area contributed by atoms with Gasteiger partial charge in [-0.3, -0.25) is 4.79 Å². The van der Waals surface area contributed by atoms with Gasteiger partial charge in [0.05, 0.1) is 14.2 Å². The van der Waals surface area contributed by atoms with Crippen molar-refractivity contribution in [1.29, 1.82) is 0 Å². The van der Waals surface area contributed by atoms with E-state index in [2.05, 4.69) is 11.4 Å². The molecule has 1 heterocycles. The molecular formula is C17H26N2O3. The molecule has 1 aliphatic heterocycles. The Kier molecular flexibility index (Phi) is 6.52. The van der Waals surface area contributed by atoms with E-state index in [4.69, 9.17) is 9.47 Å².